The van der Waals surface area contributed by atoms with E-state index in [-0.39, 0.29) is 10.1 Å². The number of aromatic nitrogens is 2. The second-order valence-corrected chi connectivity index (χ2v) is 3.44. The Hall–Kier alpha value is -1.17. The molecule has 0 aliphatic rings. The lowest BCUT2D eigenvalue weighted by molar-refractivity contribution is 0.0498. The molecular weight excluding hydrogens is 190 g/mol. The van der Waals surface area contributed by atoms with Gasteiger partial charge in [-0.25, -0.2) is 4.79 Å². The predicted octanol–water partition coefficient (Wildman–Crippen LogP) is 1.08. The standard InChI is InChI=1S/C7H11N3O2S/c1-2-3-4-12-6(11)5-9-10-7(8)13-5/h2-4H2,1H3,(H2,8,10). The molecule has 6 heteroatoms. The zero-order valence-corrected chi connectivity index (χ0v) is 8.13. The first-order valence-corrected chi connectivity index (χ1v) is 4.81. The van der Waals surface area contributed by atoms with Crippen LogP contribution in [-0.4, -0.2) is 22.8 Å². The van der Waals surface area contributed by atoms with Crippen molar-refractivity contribution < 1.29 is 9.53 Å². The maximum atomic E-state index is 11.2. The molecule has 0 spiro atoms. The Morgan fingerprint density at radius 2 is 2.38 bits per heavy atom. The average molecular weight is 201 g/mol. The third-order valence-electron chi connectivity index (χ3n) is 1.35. The number of rotatable bonds is 4. The molecule has 1 aromatic rings. The van der Waals surface area contributed by atoms with Crippen molar-refractivity contribution in [3.8, 4) is 0 Å². The Bertz CT molecular complexity index is 287. The van der Waals surface area contributed by atoms with Gasteiger partial charge in [0, 0.05) is 0 Å². The van der Waals surface area contributed by atoms with Crippen LogP contribution in [0.3, 0.4) is 0 Å². The van der Waals surface area contributed by atoms with Gasteiger partial charge in [0.2, 0.25) is 10.1 Å². The van der Waals surface area contributed by atoms with Crippen molar-refractivity contribution in [2.24, 2.45) is 0 Å². The topological polar surface area (TPSA) is 78.1 Å². The molecular formula is C7H11N3O2S. The normalized spacial score (nSPS) is 9.92. The van der Waals surface area contributed by atoms with Gasteiger partial charge >= 0.3 is 5.97 Å². The summed E-state index contributed by atoms with van der Waals surface area (Å²) in [5, 5.41) is 7.57. The fraction of sp³-hybridized carbons (Fsp3) is 0.571. The molecule has 0 unspecified atom stereocenters. The zero-order valence-electron chi connectivity index (χ0n) is 7.32. The van der Waals surface area contributed by atoms with Crippen molar-refractivity contribution in [1.29, 1.82) is 0 Å². The van der Waals surface area contributed by atoms with Gasteiger partial charge in [-0.05, 0) is 6.42 Å². The van der Waals surface area contributed by atoms with E-state index < -0.39 is 5.97 Å². The number of nitrogen functional groups attached to an aromatic ring is 1. The van der Waals surface area contributed by atoms with E-state index in [1.165, 1.54) is 0 Å². The van der Waals surface area contributed by atoms with E-state index in [0.29, 0.717) is 6.61 Å². The summed E-state index contributed by atoms with van der Waals surface area (Å²) in [6.07, 6.45) is 1.85. The van der Waals surface area contributed by atoms with E-state index in [4.69, 9.17) is 10.5 Å². The summed E-state index contributed by atoms with van der Waals surface area (Å²) in [5.74, 6) is -0.442. The molecule has 0 aliphatic heterocycles. The maximum Gasteiger partial charge on any atom is 0.369 e. The molecule has 5 nitrogen and oxygen atoms in total. The van der Waals surface area contributed by atoms with Crippen LogP contribution in [0, 0.1) is 0 Å². The number of nitrogens with two attached hydrogens (primary N) is 1. The lowest BCUT2D eigenvalue weighted by atomic mass is 10.4. The second kappa shape index (κ2) is 4.76. The van der Waals surface area contributed by atoms with Crippen molar-refractivity contribution >= 4 is 22.4 Å². The molecule has 0 aromatic carbocycles. The number of hydrogen-bond donors (Lipinski definition) is 1. The van der Waals surface area contributed by atoms with Crippen molar-refractivity contribution in [3.05, 3.63) is 5.01 Å². The molecule has 0 fully saturated rings. The lowest BCUT2D eigenvalue weighted by Crippen LogP contribution is -2.05. The largest absolute Gasteiger partial charge is 0.460 e. The summed E-state index contributed by atoms with van der Waals surface area (Å²) >= 11 is 1.03. The molecule has 13 heavy (non-hydrogen) atoms. The number of hydrogen-bond acceptors (Lipinski definition) is 6. The first-order chi connectivity index (χ1) is 6.24. The van der Waals surface area contributed by atoms with Crippen molar-refractivity contribution in [2.75, 3.05) is 12.3 Å². The fourth-order valence-electron chi connectivity index (χ4n) is 0.688. The number of nitrogens with zero attached hydrogens (tertiary/aromatic N) is 2. The Labute approximate surface area is 79.9 Å². The van der Waals surface area contributed by atoms with E-state index in [1.807, 2.05) is 6.92 Å². The van der Waals surface area contributed by atoms with Crippen LogP contribution >= 0.6 is 11.3 Å². The van der Waals surface area contributed by atoms with Crippen LogP contribution in [0.5, 0.6) is 0 Å². The van der Waals surface area contributed by atoms with E-state index in [2.05, 4.69) is 10.2 Å². The molecule has 72 valence electrons. The van der Waals surface area contributed by atoms with Gasteiger partial charge in [-0.2, -0.15) is 0 Å². The average Bonchev–Trinajstić information content (AvgIpc) is 2.52. The van der Waals surface area contributed by atoms with Crippen LogP contribution in [-0.2, 0) is 4.74 Å². The predicted molar refractivity (Wildman–Crippen MR) is 49.5 cm³/mol. The minimum Gasteiger partial charge on any atom is -0.460 e. The van der Waals surface area contributed by atoms with E-state index >= 15 is 0 Å². The van der Waals surface area contributed by atoms with E-state index in [0.717, 1.165) is 24.2 Å². The third kappa shape index (κ3) is 2.98. The molecule has 0 amide bonds. The van der Waals surface area contributed by atoms with Crippen LogP contribution < -0.4 is 5.73 Å². The monoisotopic (exact) mass is 201 g/mol. The van der Waals surface area contributed by atoms with Gasteiger partial charge in [-0.15, -0.1) is 10.2 Å². The highest BCUT2D eigenvalue weighted by Gasteiger charge is 2.12. The van der Waals surface area contributed by atoms with Crippen molar-refractivity contribution in [2.45, 2.75) is 19.8 Å². The number of unbranched alkanes of at least 4 members (excludes halogenated alkanes) is 1. The molecule has 0 saturated carbocycles. The molecule has 1 aromatic heterocycles. The fourth-order valence-corrected chi connectivity index (χ4v) is 1.19. The smallest absolute Gasteiger partial charge is 0.369 e. The van der Waals surface area contributed by atoms with Crippen LogP contribution in [0.2, 0.25) is 0 Å². The number of anilines is 1. The van der Waals surface area contributed by atoms with Gasteiger partial charge < -0.3 is 10.5 Å². The van der Waals surface area contributed by atoms with Gasteiger partial charge in [-0.1, -0.05) is 24.7 Å². The maximum absolute atomic E-state index is 11.2. The van der Waals surface area contributed by atoms with E-state index in [9.17, 15) is 4.79 Å². The zero-order chi connectivity index (χ0) is 9.68. The van der Waals surface area contributed by atoms with Crippen LogP contribution in [0.25, 0.3) is 0 Å². The second-order valence-electron chi connectivity index (χ2n) is 2.43. The molecule has 0 atom stereocenters. The Kier molecular flexibility index (Phi) is 3.63. The molecule has 2 N–H and O–H groups in total. The molecule has 0 saturated heterocycles. The SMILES string of the molecule is CCCCOC(=O)c1nnc(N)s1. The van der Waals surface area contributed by atoms with Gasteiger partial charge in [0.1, 0.15) is 0 Å². The van der Waals surface area contributed by atoms with Crippen molar-refractivity contribution in [3.63, 3.8) is 0 Å². The van der Waals surface area contributed by atoms with E-state index in [1.54, 1.807) is 0 Å². The lowest BCUT2D eigenvalue weighted by Gasteiger charge is -1.98. The quantitative estimate of drug-likeness (QED) is 0.582. The summed E-state index contributed by atoms with van der Waals surface area (Å²) in [5.41, 5.74) is 5.31. The minimum atomic E-state index is -0.442. The van der Waals surface area contributed by atoms with Gasteiger partial charge in [-0.3, -0.25) is 0 Å². The molecule has 1 heterocycles. The van der Waals surface area contributed by atoms with Gasteiger partial charge in [0.25, 0.3) is 0 Å². The summed E-state index contributed by atoms with van der Waals surface area (Å²) in [6, 6.07) is 0. The number of ether oxygens (including phenoxy) is 1. The van der Waals surface area contributed by atoms with Gasteiger partial charge in [0.05, 0.1) is 6.61 Å². The Morgan fingerprint density at radius 1 is 1.62 bits per heavy atom. The highest BCUT2D eigenvalue weighted by molar-refractivity contribution is 7.16. The van der Waals surface area contributed by atoms with Gasteiger partial charge in [0.15, 0.2) is 0 Å². The summed E-state index contributed by atoms with van der Waals surface area (Å²) < 4.78 is 4.90. The molecule has 0 radical (unpaired) electrons. The highest BCUT2D eigenvalue weighted by atomic mass is 32.1. The van der Waals surface area contributed by atoms with Crippen LogP contribution in [0.4, 0.5) is 5.13 Å². The van der Waals surface area contributed by atoms with Crippen molar-refractivity contribution in [1.82, 2.24) is 10.2 Å². The number of carbonyl (C=O) groups excluding carboxylic acids is 1. The summed E-state index contributed by atoms with van der Waals surface area (Å²) in [7, 11) is 0. The highest BCUT2D eigenvalue weighted by Crippen LogP contribution is 2.11. The third-order valence-corrected chi connectivity index (χ3v) is 2.08. The van der Waals surface area contributed by atoms with Crippen LogP contribution in [0.1, 0.15) is 29.6 Å². The first kappa shape index (κ1) is 9.91. The number of esters is 1. The number of carbonyl (C=O) groups is 1. The summed E-state index contributed by atoms with van der Waals surface area (Å²) in [4.78, 5) is 11.2. The Balaban J connectivity index is 2.40. The molecule has 1 rings (SSSR count). The molecule has 0 bridgehead atoms. The van der Waals surface area contributed by atoms with Crippen LogP contribution in [0.15, 0.2) is 0 Å². The molecule has 0 aliphatic carbocycles. The Morgan fingerprint density at radius 3 is 2.92 bits per heavy atom. The first-order valence-electron chi connectivity index (χ1n) is 4.00. The minimum absolute atomic E-state index is 0.216. The summed E-state index contributed by atoms with van der Waals surface area (Å²) in [6.45, 7) is 2.45.